The Bertz CT molecular complexity index is 602. The zero-order valence-electron chi connectivity index (χ0n) is 11.0. The molecule has 0 aliphatic rings. The van der Waals surface area contributed by atoms with Crippen molar-refractivity contribution in [2.75, 3.05) is 5.32 Å². The van der Waals surface area contributed by atoms with Crippen molar-refractivity contribution < 1.29 is 4.79 Å². The maximum atomic E-state index is 11.0. The van der Waals surface area contributed by atoms with Crippen molar-refractivity contribution in [3.63, 3.8) is 0 Å². The Balaban J connectivity index is 2.41. The van der Waals surface area contributed by atoms with Gasteiger partial charge in [-0.05, 0) is 38.0 Å². The van der Waals surface area contributed by atoms with E-state index in [9.17, 15) is 4.79 Å². The number of carbonyl (C=O) groups is 1. The van der Waals surface area contributed by atoms with Crippen molar-refractivity contribution in [3.05, 3.63) is 34.2 Å². The Morgan fingerprint density at radius 3 is 2.56 bits per heavy atom. The summed E-state index contributed by atoms with van der Waals surface area (Å²) in [6, 6.07) is 6.30. The van der Waals surface area contributed by atoms with Crippen LogP contribution in [-0.2, 0) is 4.79 Å². The summed E-state index contributed by atoms with van der Waals surface area (Å²) in [5.74, 6) is -0.0876. The molecule has 0 bridgehead atoms. The molecule has 2 aromatic rings. The third kappa shape index (κ3) is 2.59. The Morgan fingerprint density at radius 1 is 1.22 bits per heavy atom. The van der Waals surface area contributed by atoms with Gasteiger partial charge in [-0.3, -0.25) is 4.79 Å². The summed E-state index contributed by atoms with van der Waals surface area (Å²) in [5, 5.41) is 3.39. The second kappa shape index (κ2) is 4.90. The number of aromatic nitrogens is 1. The average Bonchev–Trinajstić information content (AvgIpc) is 2.62. The molecule has 0 aliphatic heterocycles. The van der Waals surface area contributed by atoms with Crippen LogP contribution in [0.25, 0.3) is 11.3 Å². The normalized spacial score (nSPS) is 10.4. The van der Waals surface area contributed by atoms with Crippen LogP contribution >= 0.6 is 11.3 Å². The molecule has 3 nitrogen and oxygen atoms in total. The summed E-state index contributed by atoms with van der Waals surface area (Å²) in [4.78, 5) is 16.6. The van der Waals surface area contributed by atoms with E-state index in [1.165, 1.54) is 29.4 Å². The van der Waals surface area contributed by atoms with Crippen LogP contribution < -0.4 is 5.32 Å². The van der Waals surface area contributed by atoms with Crippen LogP contribution in [0.2, 0.25) is 0 Å². The Kier molecular flexibility index (Phi) is 3.48. The van der Waals surface area contributed by atoms with E-state index in [4.69, 9.17) is 0 Å². The minimum absolute atomic E-state index is 0.0876. The lowest BCUT2D eigenvalue weighted by Gasteiger charge is -2.03. The van der Waals surface area contributed by atoms with Crippen LogP contribution in [0.5, 0.6) is 0 Å². The number of nitrogens with one attached hydrogen (secondary N) is 1. The van der Waals surface area contributed by atoms with Crippen LogP contribution in [0.15, 0.2) is 18.2 Å². The number of nitrogens with zero attached hydrogens (tertiary/aromatic N) is 1. The van der Waals surface area contributed by atoms with Crippen LogP contribution in [0.3, 0.4) is 0 Å². The van der Waals surface area contributed by atoms with Crippen LogP contribution in [0.1, 0.15) is 22.9 Å². The smallest absolute Gasteiger partial charge is 0.223 e. The number of anilines is 1. The van der Waals surface area contributed by atoms with Gasteiger partial charge in [-0.1, -0.05) is 12.1 Å². The Labute approximate surface area is 111 Å². The van der Waals surface area contributed by atoms with Crippen LogP contribution in [-0.4, -0.2) is 10.9 Å². The fourth-order valence-electron chi connectivity index (χ4n) is 1.76. The van der Waals surface area contributed by atoms with Crippen molar-refractivity contribution in [3.8, 4) is 11.3 Å². The highest BCUT2D eigenvalue weighted by atomic mass is 32.1. The fourth-order valence-corrected chi connectivity index (χ4v) is 2.64. The number of hydrogen-bond acceptors (Lipinski definition) is 3. The monoisotopic (exact) mass is 260 g/mol. The lowest BCUT2D eigenvalue weighted by molar-refractivity contribution is -0.114. The zero-order chi connectivity index (χ0) is 13.3. The van der Waals surface area contributed by atoms with Gasteiger partial charge in [-0.15, -0.1) is 11.3 Å². The predicted octanol–water partition coefficient (Wildman–Crippen LogP) is 3.69. The fraction of sp³-hybridized carbons (Fsp3) is 0.286. The van der Waals surface area contributed by atoms with Gasteiger partial charge in [0.05, 0.1) is 5.69 Å². The first-order valence-corrected chi connectivity index (χ1v) is 6.61. The second-order valence-electron chi connectivity index (χ2n) is 4.40. The SMILES string of the molecule is CC(=O)Nc1nc(-c2ccc(C)c(C)c2)c(C)s1. The van der Waals surface area contributed by atoms with E-state index in [1.54, 1.807) is 0 Å². The molecule has 0 aliphatic carbocycles. The minimum Gasteiger partial charge on any atom is -0.302 e. The summed E-state index contributed by atoms with van der Waals surface area (Å²) < 4.78 is 0. The highest BCUT2D eigenvalue weighted by Gasteiger charge is 2.11. The highest BCUT2D eigenvalue weighted by Crippen LogP contribution is 2.31. The molecule has 1 aromatic heterocycles. The van der Waals surface area contributed by atoms with Gasteiger partial charge in [-0.2, -0.15) is 0 Å². The summed E-state index contributed by atoms with van der Waals surface area (Å²) in [5.41, 5.74) is 4.57. The van der Waals surface area contributed by atoms with Crippen molar-refractivity contribution >= 4 is 22.4 Å². The molecule has 1 N–H and O–H groups in total. The second-order valence-corrected chi connectivity index (χ2v) is 5.61. The van der Waals surface area contributed by atoms with Gasteiger partial charge in [0.25, 0.3) is 0 Å². The van der Waals surface area contributed by atoms with E-state index in [0.717, 1.165) is 16.1 Å². The van der Waals surface area contributed by atoms with Crippen molar-refractivity contribution in [1.29, 1.82) is 0 Å². The lowest BCUT2D eigenvalue weighted by Crippen LogP contribution is -2.04. The molecule has 94 valence electrons. The molecule has 1 heterocycles. The molecule has 0 fully saturated rings. The average molecular weight is 260 g/mol. The van der Waals surface area contributed by atoms with Gasteiger partial charge in [0.2, 0.25) is 5.91 Å². The van der Waals surface area contributed by atoms with Crippen LogP contribution in [0, 0.1) is 20.8 Å². The van der Waals surface area contributed by atoms with Gasteiger partial charge in [-0.25, -0.2) is 4.98 Å². The molecule has 1 aromatic carbocycles. The van der Waals surface area contributed by atoms with Crippen molar-refractivity contribution in [1.82, 2.24) is 4.98 Å². The highest BCUT2D eigenvalue weighted by molar-refractivity contribution is 7.16. The third-order valence-corrected chi connectivity index (χ3v) is 3.75. The number of amides is 1. The molecule has 2 rings (SSSR count). The summed E-state index contributed by atoms with van der Waals surface area (Å²) in [6.07, 6.45) is 0. The number of benzene rings is 1. The molecular weight excluding hydrogens is 244 g/mol. The molecule has 0 spiro atoms. The maximum absolute atomic E-state index is 11.0. The molecule has 1 amide bonds. The first-order valence-electron chi connectivity index (χ1n) is 5.80. The van der Waals surface area contributed by atoms with Gasteiger partial charge in [0.15, 0.2) is 5.13 Å². The quantitative estimate of drug-likeness (QED) is 0.894. The molecule has 0 saturated heterocycles. The third-order valence-electron chi connectivity index (χ3n) is 2.86. The topological polar surface area (TPSA) is 42.0 Å². The Hall–Kier alpha value is -1.68. The van der Waals surface area contributed by atoms with Crippen molar-refractivity contribution in [2.24, 2.45) is 0 Å². The first kappa shape index (κ1) is 12.8. The predicted molar refractivity (Wildman–Crippen MR) is 76.1 cm³/mol. The lowest BCUT2D eigenvalue weighted by atomic mass is 10.0. The summed E-state index contributed by atoms with van der Waals surface area (Å²) in [7, 11) is 0. The standard InChI is InChI=1S/C14H16N2OS/c1-8-5-6-12(7-9(8)2)13-10(3)18-14(16-13)15-11(4)17/h5-7H,1-4H3,(H,15,16,17). The van der Waals surface area contributed by atoms with Gasteiger partial charge in [0.1, 0.15) is 0 Å². The number of rotatable bonds is 2. The van der Waals surface area contributed by atoms with E-state index < -0.39 is 0 Å². The van der Waals surface area contributed by atoms with E-state index in [1.807, 2.05) is 6.92 Å². The van der Waals surface area contributed by atoms with Gasteiger partial charge < -0.3 is 5.32 Å². The van der Waals surface area contributed by atoms with E-state index in [2.05, 4.69) is 42.3 Å². The minimum atomic E-state index is -0.0876. The first-order chi connectivity index (χ1) is 8.47. The molecule has 0 radical (unpaired) electrons. The Morgan fingerprint density at radius 2 is 1.94 bits per heavy atom. The number of carbonyl (C=O) groups excluding carboxylic acids is 1. The van der Waals surface area contributed by atoms with Crippen LogP contribution in [0.4, 0.5) is 5.13 Å². The molecule has 0 atom stereocenters. The van der Waals surface area contributed by atoms with E-state index >= 15 is 0 Å². The van der Waals surface area contributed by atoms with E-state index in [-0.39, 0.29) is 5.91 Å². The number of hydrogen-bond donors (Lipinski definition) is 1. The number of thiazole rings is 1. The molecule has 4 heteroatoms. The van der Waals surface area contributed by atoms with Gasteiger partial charge in [0, 0.05) is 17.4 Å². The maximum Gasteiger partial charge on any atom is 0.223 e. The van der Waals surface area contributed by atoms with Gasteiger partial charge >= 0.3 is 0 Å². The molecule has 0 unspecified atom stereocenters. The summed E-state index contributed by atoms with van der Waals surface area (Å²) in [6.45, 7) is 7.70. The molecule has 18 heavy (non-hydrogen) atoms. The number of aryl methyl sites for hydroxylation is 3. The zero-order valence-corrected chi connectivity index (χ0v) is 11.8. The molecule has 0 saturated carbocycles. The van der Waals surface area contributed by atoms with Crippen molar-refractivity contribution in [2.45, 2.75) is 27.7 Å². The largest absolute Gasteiger partial charge is 0.302 e. The molecular formula is C14H16N2OS. The van der Waals surface area contributed by atoms with E-state index in [0.29, 0.717) is 5.13 Å². The summed E-state index contributed by atoms with van der Waals surface area (Å²) >= 11 is 1.50.